The van der Waals surface area contributed by atoms with Gasteiger partial charge in [0.1, 0.15) is 23.7 Å². The van der Waals surface area contributed by atoms with Crippen molar-refractivity contribution in [3.63, 3.8) is 0 Å². The fraction of sp³-hybridized carbons (Fsp3) is 0.348. The maximum Gasteiger partial charge on any atom is 0.225 e. The van der Waals surface area contributed by atoms with Gasteiger partial charge in [-0.2, -0.15) is 0 Å². The minimum absolute atomic E-state index is 0.0204. The van der Waals surface area contributed by atoms with Crippen LogP contribution in [0.2, 0.25) is 0 Å². The van der Waals surface area contributed by atoms with E-state index in [2.05, 4.69) is 25.2 Å². The Kier molecular flexibility index (Phi) is 7.02. The van der Waals surface area contributed by atoms with E-state index in [-0.39, 0.29) is 12.8 Å². The molecular formula is C23H27N7O4. The van der Waals surface area contributed by atoms with Crippen molar-refractivity contribution < 1.29 is 19.1 Å². The molecule has 0 bridgehead atoms. The number of nitrogens with zero attached hydrogens (tertiary/aromatic N) is 4. The molecule has 4 rings (SSSR count). The van der Waals surface area contributed by atoms with Crippen molar-refractivity contribution in [2.75, 3.05) is 43.6 Å². The Balaban J connectivity index is 1.70. The summed E-state index contributed by atoms with van der Waals surface area (Å²) in [5.74, 6) is -0.00175. The average Bonchev–Trinajstić information content (AvgIpc) is 2.84. The number of amides is 2. The third-order valence-electron chi connectivity index (χ3n) is 5.73. The molecule has 0 spiro atoms. The van der Waals surface area contributed by atoms with Crippen molar-refractivity contribution in [3.8, 4) is 5.75 Å². The molecule has 5 N–H and O–H groups in total. The lowest BCUT2D eigenvalue weighted by Crippen LogP contribution is -2.36. The number of hydrogen-bond acceptors (Lipinski definition) is 9. The van der Waals surface area contributed by atoms with Crippen LogP contribution >= 0.6 is 0 Å². The van der Waals surface area contributed by atoms with Crippen LogP contribution < -0.4 is 26.4 Å². The van der Waals surface area contributed by atoms with E-state index < -0.39 is 17.7 Å². The number of fused-ring (bicyclic) bond motifs is 1. The van der Waals surface area contributed by atoms with E-state index >= 15 is 0 Å². The summed E-state index contributed by atoms with van der Waals surface area (Å²) in [7, 11) is 1.50. The molecule has 11 heteroatoms. The van der Waals surface area contributed by atoms with Gasteiger partial charge in [-0.25, -0.2) is 15.0 Å². The van der Waals surface area contributed by atoms with E-state index in [1.165, 1.54) is 13.4 Å². The number of rotatable bonds is 9. The molecule has 2 amide bonds. The van der Waals surface area contributed by atoms with Gasteiger partial charge in [0.05, 0.1) is 31.8 Å². The Morgan fingerprint density at radius 1 is 1.18 bits per heavy atom. The quantitative estimate of drug-likeness (QED) is 0.425. The first kappa shape index (κ1) is 23.2. The van der Waals surface area contributed by atoms with Gasteiger partial charge in [0.2, 0.25) is 11.8 Å². The summed E-state index contributed by atoms with van der Waals surface area (Å²) in [5, 5.41) is 4.00. The normalized spacial score (nSPS) is 14.6. The molecule has 1 aromatic carbocycles. The molecule has 2 aromatic heterocycles. The Bertz CT molecular complexity index is 1200. The van der Waals surface area contributed by atoms with Crippen molar-refractivity contribution in [3.05, 3.63) is 42.4 Å². The fourth-order valence-corrected chi connectivity index (χ4v) is 3.99. The second-order valence-corrected chi connectivity index (χ2v) is 7.92. The zero-order valence-electron chi connectivity index (χ0n) is 18.9. The van der Waals surface area contributed by atoms with Gasteiger partial charge in [0.15, 0.2) is 0 Å². The number of morpholine rings is 1. The van der Waals surface area contributed by atoms with Crippen molar-refractivity contribution >= 4 is 40.0 Å². The average molecular weight is 466 g/mol. The predicted octanol–water partition coefficient (Wildman–Crippen LogP) is 1.45. The van der Waals surface area contributed by atoms with E-state index in [0.29, 0.717) is 41.2 Å². The number of carbonyl (C=O) groups excluding carboxylic acids is 2. The number of methoxy groups -OCH3 is 1. The van der Waals surface area contributed by atoms with Crippen LogP contribution in [0.5, 0.6) is 5.75 Å². The van der Waals surface area contributed by atoms with Gasteiger partial charge in [0, 0.05) is 54.5 Å². The van der Waals surface area contributed by atoms with Crippen molar-refractivity contribution in [1.82, 2.24) is 15.0 Å². The molecule has 1 atom stereocenters. The summed E-state index contributed by atoms with van der Waals surface area (Å²) in [4.78, 5) is 38.9. The smallest absolute Gasteiger partial charge is 0.225 e. The standard InChI is InChI=1S/C23H27N7O4/c1-33-19-12-18-17(11-16(19)15(22(25)32)2-3-20(24)31)23(28-13-27-18)29-14-4-5-26-21(10-14)30-6-8-34-9-7-30/h4-5,10-13,15H,2-3,6-9H2,1H3,(H2,24,31)(H2,25,32)(H,26,27,28,29). The molecule has 0 radical (unpaired) electrons. The molecule has 1 saturated heterocycles. The molecule has 34 heavy (non-hydrogen) atoms. The lowest BCUT2D eigenvalue weighted by atomic mass is 9.91. The zero-order chi connectivity index (χ0) is 24.1. The van der Waals surface area contributed by atoms with Crippen LogP contribution in [0, 0.1) is 0 Å². The number of hydrogen-bond donors (Lipinski definition) is 3. The summed E-state index contributed by atoms with van der Waals surface area (Å²) < 4.78 is 10.9. The topological polar surface area (TPSA) is 159 Å². The lowest BCUT2D eigenvalue weighted by molar-refractivity contribution is -0.120. The van der Waals surface area contributed by atoms with Gasteiger partial charge in [-0.1, -0.05) is 0 Å². The SMILES string of the molecule is COc1cc2ncnc(Nc3ccnc(N4CCOCC4)c3)c2cc1C(CCC(N)=O)C(N)=O. The molecule has 1 aliphatic heterocycles. The Morgan fingerprint density at radius 3 is 2.68 bits per heavy atom. The number of aromatic nitrogens is 3. The number of benzene rings is 1. The second kappa shape index (κ2) is 10.3. The highest BCUT2D eigenvalue weighted by Gasteiger charge is 2.24. The van der Waals surface area contributed by atoms with Crippen LogP contribution in [0.25, 0.3) is 10.9 Å². The maximum atomic E-state index is 12.2. The van der Waals surface area contributed by atoms with Crippen LogP contribution in [-0.4, -0.2) is 60.2 Å². The summed E-state index contributed by atoms with van der Waals surface area (Å²) in [5.41, 5.74) is 12.9. The third kappa shape index (κ3) is 5.15. The van der Waals surface area contributed by atoms with Crippen molar-refractivity contribution in [1.29, 1.82) is 0 Å². The molecule has 0 aliphatic carbocycles. The van der Waals surface area contributed by atoms with E-state index in [0.717, 1.165) is 24.6 Å². The molecular weight excluding hydrogens is 438 g/mol. The first-order chi connectivity index (χ1) is 16.5. The number of nitrogens with two attached hydrogens (primary N) is 2. The minimum atomic E-state index is -0.756. The van der Waals surface area contributed by atoms with E-state index in [1.807, 2.05) is 12.1 Å². The number of carbonyl (C=O) groups is 2. The summed E-state index contributed by atoms with van der Waals surface area (Å²) >= 11 is 0. The predicted molar refractivity (Wildman–Crippen MR) is 127 cm³/mol. The second-order valence-electron chi connectivity index (χ2n) is 7.92. The van der Waals surface area contributed by atoms with E-state index in [4.69, 9.17) is 20.9 Å². The lowest BCUT2D eigenvalue weighted by Gasteiger charge is -2.28. The van der Waals surface area contributed by atoms with Crippen molar-refractivity contribution in [2.45, 2.75) is 18.8 Å². The number of ether oxygens (including phenoxy) is 2. The highest BCUT2D eigenvalue weighted by atomic mass is 16.5. The first-order valence-electron chi connectivity index (χ1n) is 10.9. The van der Waals surface area contributed by atoms with Gasteiger partial charge in [0.25, 0.3) is 0 Å². The van der Waals surface area contributed by atoms with Crippen LogP contribution in [0.1, 0.15) is 24.3 Å². The number of pyridine rings is 1. The Hall–Kier alpha value is -3.99. The molecule has 11 nitrogen and oxygen atoms in total. The third-order valence-corrected chi connectivity index (χ3v) is 5.73. The number of anilines is 3. The first-order valence-corrected chi connectivity index (χ1v) is 10.9. The van der Waals surface area contributed by atoms with Gasteiger partial charge in [-0.05, 0) is 18.6 Å². The largest absolute Gasteiger partial charge is 0.496 e. The molecule has 3 aromatic rings. The zero-order valence-corrected chi connectivity index (χ0v) is 18.9. The molecule has 3 heterocycles. The summed E-state index contributed by atoms with van der Waals surface area (Å²) in [6, 6.07) is 7.30. The number of primary amides is 2. The Morgan fingerprint density at radius 2 is 1.97 bits per heavy atom. The molecule has 1 aliphatic rings. The highest BCUT2D eigenvalue weighted by Crippen LogP contribution is 2.36. The van der Waals surface area contributed by atoms with Gasteiger partial charge in [-0.15, -0.1) is 0 Å². The molecule has 0 saturated carbocycles. The molecule has 1 unspecified atom stereocenters. The highest BCUT2D eigenvalue weighted by molar-refractivity contribution is 5.94. The molecule has 178 valence electrons. The fourth-order valence-electron chi connectivity index (χ4n) is 3.99. The monoisotopic (exact) mass is 465 g/mol. The summed E-state index contributed by atoms with van der Waals surface area (Å²) in [6.07, 6.45) is 3.38. The summed E-state index contributed by atoms with van der Waals surface area (Å²) in [6.45, 7) is 2.88. The van der Waals surface area contributed by atoms with Crippen LogP contribution in [0.4, 0.5) is 17.3 Å². The van der Waals surface area contributed by atoms with Gasteiger partial charge < -0.3 is 31.2 Å². The Labute approximate surface area is 196 Å². The van der Waals surface area contributed by atoms with E-state index in [1.54, 1.807) is 18.3 Å². The minimum Gasteiger partial charge on any atom is -0.496 e. The van der Waals surface area contributed by atoms with Crippen molar-refractivity contribution in [2.24, 2.45) is 11.5 Å². The molecule has 1 fully saturated rings. The van der Waals surface area contributed by atoms with Gasteiger partial charge >= 0.3 is 0 Å². The van der Waals surface area contributed by atoms with Crippen LogP contribution in [0.15, 0.2) is 36.8 Å². The van der Waals surface area contributed by atoms with Crippen LogP contribution in [0.3, 0.4) is 0 Å². The van der Waals surface area contributed by atoms with Gasteiger partial charge in [-0.3, -0.25) is 9.59 Å². The number of nitrogens with one attached hydrogen (secondary N) is 1. The van der Waals surface area contributed by atoms with Crippen LogP contribution in [-0.2, 0) is 14.3 Å². The van der Waals surface area contributed by atoms with E-state index in [9.17, 15) is 9.59 Å². The maximum absolute atomic E-state index is 12.2.